The summed E-state index contributed by atoms with van der Waals surface area (Å²) in [6.45, 7) is 4.05. The second-order valence-electron chi connectivity index (χ2n) is 8.27. The van der Waals surface area contributed by atoms with Crippen LogP contribution >= 0.6 is 11.6 Å². The van der Waals surface area contributed by atoms with Gasteiger partial charge in [-0.2, -0.15) is 13.2 Å². The van der Waals surface area contributed by atoms with Crippen molar-refractivity contribution < 1.29 is 35.9 Å². The number of hydrogen-bond acceptors (Lipinski definition) is 5. The SMILES string of the molecule is CC(C)(C)OC(=O)NCCNC(=O)CN(c1cc(C(F)(F)F)ccc1Cl)S(=O)(=O)c1ccccc1. The van der Waals surface area contributed by atoms with E-state index in [1.807, 2.05) is 0 Å². The zero-order valence-electron chi connectivity index (χ0n) is 19.1. The van der Waals surface area contributed by atoms with Gasteiger partial charge in [0.15, 0.2) is 0 Å². The van der Waals surface area contributed by atoms with Gasteiger partial charge in [0.2, 0.25) is 5.91 Å². The Morgan fingerprint density at radius 2 is 1.60 bits per heavy atom. The van der Waals surface area contributed by atoms with Crippen LogP contribution in [0.4, 0.5) is 23.7 Å². The molecule has 0 spiro atoms. The molecule has 2 rings (SSSR count). The van der Waals surface area contributed by atoms with E-state index in [0.29, 0.717) is 16.4 Å². The summed E-state index contributed by atoms with van der Waals surface area (Å²) in [7, 11) is -4.47. The van der Waals surface area contributed by atoms with E-state index in [9.17, 15) is 31.2 Å². The molecule has 2 aromatic carbocycles. The Hall–Kier alpha value is -2.99. The van der Waals surface area contributed by atoms with Crippen molar-refractivity contribution in [1.82, 2.24) is 10.6 Å². The molecule has 8 nitrogen and oxygen atoms in total. The van der Waals surface area contributed by atoms with Gasteiger partial charge in [-0.25, -0.2) is 13.2 Å². The highest BCUT2D eigenvalue weighted by atomic mass is 35.5. The second kappa shape index (κ2) is 11.2. The fourth-order valence-corrected chi connectivity index (χ4v) is 4.49. The minimum absolute atomic E-state index is 0.0313. The van der Waals surface area contributed by atoms with Crippen molar-refractivity contribution in [2.24, 2.45) is 0 Å². The van der Waals surface area contributed by atoms with Crippen LogP contribution in [0.2, 0.25) is 5.02 Å². The van der Waals surface area contributed by atoms with Gasteiger partial charge in [0.1, 0.15) is 12.1 Å². The number of alkyl carbamates (subject to hydrolysis) is 1. The lowest BCUT2D eigenvalue weighted by Crippen LogP contribution is -2.43. The van der Waals surface area contributed by atoms with Gasteiger partial charge in [-0.15, -0.1) is 0 Å². The van der Waals surface area contributed by atoms with Gasteiger partial charge in [0.05, 0.1) is 21.2 Å². The fraction of sp³-hybridized carbons (Fsp3) is 0.364. The minimum Gasteiger partial charge on any atom is -0.444 e. The highest BCUT2D eigenvalue weighted by molar-refractivity contribution is 7.92. The summed E-state index contributed by atoms with van der Waals surface area (Å²) < 4.78 is 71.9. The number of rotatable bonds is 8. The van der Waals surface area contributed by atoms with Gasteiger partial charge in [-0.1, -0.05) is 29.8 Å². The first-order valence-corrected chi connectivity index (χ1v) is 12.1. The van der Waals surface area contributed by atoms with E-state index in [0.717, 1.165) is 6.07 Å². The van der Waals surface area contributed by atoms with Gasteiger partial charge < -0.3 is 15.4 Å². The lowest BCUT2D eigenvalue weighted by Gasteiger charge is -2.26. The number of nitrogens with zero attached hydrogens (tertiary/aromatic N) is 1. The average molecular weight is 536 g/mol. The first-order valence-electron chi connectivity index (χ1n) is 10.3. The topological polar surface area (TPSA) is 105 Å². The molecule has 0 aliphatic rings. The highest BCUT2D eigenvalue weighted by Crippen LogP contribution is 2.37. The van der Waals surface area contributed by atoms with Crippen molar-refractivity contribution in [2.45, 2.75) is 37.4 Å². The number of nitrogens with one attached hydrogen (secondary N) is 2. The third-order valence-corrected chi connectivity index (χ3v) is 6.37. The zero-order valence-corrected chi connectivity index (χ0v) is 20.7. The van der Waals surface area contributed by atoms with E-state index in [-0.39, 0.29) is 23.0 Å². The molecule has 0 aliphatic heterocycles. The lowest BCUT2D eigenvalue weighted by molar-refractivity contribution is -0.137. The molecule has 0 saturated heterocycles. The predicted octanol–water partition coefficient (Wildman–Crippen LogP) is 4.20. The number of anilines is 1. The highest BCUT2D eigenvalue weighted by Gasteiger charge is 2.34. The number of ether oxygens (including phenoxy) is 1. The average Bonchev–Trinajstić information content (AvgIpc) is 2.74. The summed E-state index contributed by atoms with van der Waals surface area (Å²) in [5, 5.41) is 4.53. The fourth-order valence-electron chi connectivity index (χ4n) is 2.77. The molecule has 2 N–H and O–H groups in total. The van der Waals surface area contributed by atoms with E-state index >= 15 is 0 Å². The molecular formula is C22H25ClF3N3O5S. The summed E-state index contributed by atoms with van der Waals surface area (Å²) in [5.74, 6) is -0.830. The Labute approximate surface area is 206 Å². The Kier molecular flexibility index (Phi) is 9.01. The number of halogens is 4. The summed E-state index contributed by atoms with van der Waals surface area (Å²) in [6, 6.07) is 9.10. The lowest BCUT2D eigenvalue weighted by atomic mass is 10.2. The zero-order chi connectivity index (χ0) is 26.4. The summed E-state index contributed by atoms with van der Waals surface area (Å²) in [5.41, 5.74) is -2.36. The molecular weight excluding hydrogens is 511 g/mol. The maximum Gasteiger partial charge on any atom is 0.416 e. The smallest absolute Gasteiger partial charge is 0.416 e. The number of sulfonamides is 1. The molecule has 0 saturated carbocycles. The van der Waals surface area contributed by atoms with Crippen LogP contribution in [0.25, 0.3) is 0 Å². The van der Waals surface area contributed by atoms with Crippen molar-refractivity contribution in [1.29, 1.82) is 0 Å². The largest absolute Gasteiger partial charge is 0.444 e. The van der Waals surface area contributed by atoms with Crippen LogP contribution in [0.1, 0.15) is 26.3 Å². The Morgan fingerprint density at radius 1 is 1.00 bits per heavy atom. The van der Waals surface area contributed by atoms with Crippen LogP contribution in [0, 0.1) is 0 Å². The molecule has 2 aromatic rings. The van der Waals surface area contributed by atoms with Crippen LogP contribution < -0.4 is 14.9 Å². The van der Waals surface area contributed by atoms with Crippen LogP contribution in [0.15, 0.2) is 53.4 Å². The Bertz CT molecular complexity index is 1150. The molecule has 2 amide bonds. The van der Waals surface area contributed by atoms with Crippen molar-refractivity contribution in [3.63, 3.8) is 0 Å². The van der Waals surface area contributed by atoms with Gasteiger partial charge in [-0.05, 0) is 51.1 Å². The molecule has 0 fully saturated rings. The quantitative estimate of drug-likeness (QED) is 0.493. The van der Waals surface area contributed by atoms with Crippen molar-refractivity contribution >= 4 is 39.3 Å². The number of carbonyl (C=O) groups excluding carboxylic acids is 2. The maximum absolute atomic E-state index is 13.3. The molecule has 13 heteroatoms. The summed E-state index contributed by atoms with van der Waals surface area (Å²) in [4.78, 5) is 24.0. The van der Waals surface area contributed by atoms with E-state index in [1.165, 1.54) is 24.3 Å². The first kappa shape index (κ1) is 28.2. The standard InChI is InChI=1S/C22H25ClF3N3O5S/c1-21(2,3)34-20(31)28-12-11-27-19(30)14-29(35(32,33)16-7-5-4-6-8-16)18-13-15(22(24,25)26)9-10-17(18)23/h4-10,13H,11-12,14H2,1-3H3,(H,27,30)(H,28,31). The molecule has 0 radical (unpaired) electrons. The molecule has 35 heavy (non-hydrogen) atoms. The number of amides is 2. The van der Waals surface area contributed by atoms with Crippen molar-refractivity contribution in [3.8, 4) is 0 Å². The third-order valence-electron chi connectivity index (χ3n) is 4.28. The van der Waals surface area contributed by atoms with E-state index in [1.54, 1.807) is 26.8 Å². The van der Waals surface area contributed by atoms with E-state index in [2.05, 4.69) is 10.6 Å². The van der Waals surface area contributed by atoms with Gasteiger partial charge in [0, 0.05) is 13.1 Å². The van der Waals surface area contributed by atoms with E-state index in [4.69, 9.17) is 16.3 Å². The number of benzene rings is 2. The molecule has 192 valence electrons. The monoisotopic (exact) mass is 535 g/mol. The van der Waals surface area contributed by atoms with Crippen LogP contribution in [0.5, 0.6) is 0 Å². The third kappa shape index (κ3) is 8.32. The normalized spacial score (nSPS) is 12.1. The second-order valence-corrected chi connectivity index (χ2v) is 10.5. The van der Waals surface area contributed by atoms with E-state index < -0.39 is 51.6 Å². The number of hydrogen-bond donors (Lipinski definition) is 2. The minimum atomic E-state index is -4.77. The van der Waals surface area contributed by atoms with Crippen molar-refractivity contribution in [3.05, 3.63) is 59.1 Å². The molecule has 0 bridgehead atoms. The molecule has 0 aliphatic carbocycles. The van der Waals surface area contributed by atoms with Crippen molar-refractivity contribution in [2.75, 3.05) is 23.9 Å². The number of alkyl halides is 3. The van der Waals surface area contributed by atoms with Crippen LogP contribution in [0.3, 0.4) is 0 Å². The molecule has 0 heterocycles. The number of carbonyl (C=O) groups is 2. The Balaban J connectivity index is 2.25. The van der Waals surface area contributed by atoms with Gasteiger partial charge >= 0.3 is 12.3 Å². The van der Waals surface area contributed by atoms with Gasteiger partial charge in [0.25, 0.3) is 10.0 Å². The van der Waals surface area contributed by atoms with Crippen LogP contribution in [-0.2, 0) is 25.7 Å². The molecule has 0 aromatic heterocycles. The predicted molar refractivity (Wildman–Crippen MR) is 125 cm³/mol. The first-order chi connectivity index (χ1) is 16.1. The summed E-state index contributed by atoms with van der Waals surface area (Å²) >= 11 is 6.07. The summed E-state index contributed by atoms with van der Waals surface area (Å²) in [6.07, 6.45) is -5.48. The molecule has 0 atom stereocenters. The molecule has 0 unspecified atom stereocenters. The van der Waals surface area contributed by atoms with Crippen LogP contribution in [-0.4, -0.2) is 45.7 Å². The maximum atomic E-state index is 13.3. The Morgan fingerprint density at radius 3 is 2.17 bits per heavy atom. The van der Waals surface area contributed by atoms with Gasteiger partial charge in [-0.3, -0.25) is 9.10 Å².